The monoisotopic (exact) mass is 311 g/mol. The van der Waals surface area contributed by atoms with Gasteiger partial charge in [0.05, 0.1) is 12.2 Å². The molecule has 0 aromatic heterocycles. The molecule has 0 fully saturated rings. The van der Waals surface area contributed by atoms with E-state index in [0.29, 0.717) is 11.6 Å². The van der Waals surface area contributed by atoms with E-state index in [1.807, 2.05) is 32.9 Å². The van der Waals surface area contributed by atoms with E-state index < -0.39 is 6.03 Å². The zero-order valence-corrected chi connectivity index (χ0v) is 13.4. The number of halogens is 1. The van der Waals surface area contributed by atoms with Crippen molar-refractivity contribution in [2.75, 3.05) is 18.4 Å². The zero-order chi connectivity index (χ0) is 15.8. The first-order valence-corrected chi connectivity index (χ1v) is 7.52. The molecule has 0 spiro atoms. The number of hydrogen-bond donors (Lipinski definition) is 3. The largest absolute Gasteiger partial charge is 0.355 e. The summed E-state index contributed by atoms with van der Waals surface area (Å²) in [4.78, 5) is 23.2. The van der Waals surface area contributed by atoms with E-state index in [2.05, 4.69) is 16.0 Å². The van der Waals surface area contributed by atoms with Crippen molar-refractivity contribution in [2.45, 2.75) is 33.6 Å². The second-order valence-corrected chi connectivity index (χ2v) is 4.94. The lowest BCUT2D eigenvalue weighted by molar-refractivity contribution is -0.119. The molecular formula is C15H22ClN3O2. The van der Waals surface area contributed by atoms with Crippen LogP contribution in [0.5, 0.6) is 0 Å². The lowest BCUT2D eigenvalue weighted by atomic mass is 10.0. The van der Waals surface area contributed by atoms with Crippen LogP contribution in [0.4, 0.5) is 10.5 Å². The number of aryl methyl sites for hydroxylation is 1. The number of amides is 3. The maximum atomic E-state index is 11.9. The van der Waals surface area contributed by atoms with Crippen LogP contribution in [0.2, 0.25) is 5.02 Å². The highest BCUT2D eigenvalue weighted by Crippen LogP contribution is 2.29. The molecule has 0 heterocycles. The highest BCUT2D eigenvalue weighted by Gasteiger charge is 2.13. The summed E-state index contributed by atoms with van der Waals surface area (Å²) in [5, 5.41) is 8.59. The minimum atomic E-state index is -0.409. The van der Waals surface area contributed by atoms with Crippen molar-refractivity contribution in [3.63, 3.8) is 0 Å². The molecule has 0 aliphatic carbocycles. The Morgan fingerprint density at radius 3 is 2.38 bits per heavy atom. The van der Waals surface area contributed by atoms with Crippen LogP contribution in [0, 0.1) is 0 Å². The van der Waals surface area contributed by atoms with E-state index in [1.165, 1.54) is 0 Å². The fraction of sp³-hybridized carbons (Fsp3) is 0.467. The number of carbonyl (C=O) groups excluding carboxylic acids is 2. The topological polar surface area (TPSA) is 70.2 Å². The molecular weight excluding hydrogens is 290 g/mol. The van der Waals surface area contributed by atoms with Gasteiger partial charge in [-0.1, -0.05) is 31.5 Å². The van der Waals surface area contributed by atoms with Gasteiger partial charge in [-0.25, -0.2) is 4.79 Å². The average molecular weight is 312 g/mol. The van der Waals surface area contributed by atoms with E-state index in [1.54, 1.807) is 0 Å². The van der Waals surface area contributed by atoms with E-state index in [0.717, 1.165) is 29.7 Å². The number of anilines is 1. The minimum absolute atomic E-state index is 0.0524. The van der Waals surface area contributed by atoms with Crippen molar-refractivity contribution in [3.8, 4) is 0 Å². The van der Waals surface area contributed by atoms with Crippen LogP contribution >= 0.6 is 11.6 Å². The standard InChI is InChI=1S/C15H22ClN3O2/c1-4-10-7-8-12(16)11(5-2)14(10)19-15(21)18-9-13(20)17-6-3/h7-8H,4-6,9H2,1-3H3,(H,17,20)(H2,18,19,21). The van der Waals surface area contributed by atoms with Crippen LogP contribution in [0.3, 0.4) is 0 Å². The van der Waals surface area contributed by atoms with Gasteiger partial charge in [-0.3, -0.25) is 4.79 Å². The number of nitrogens with one attached hydrogen (secondary N) is 3. The molecule has 3 amide bonds. The molecule has 0 bridgehead atoms. The van der Waals surface area contributed by atoms with Crippen molar-refractivity contribution in [3.05, 3.63) is 28.3 Å². The molecule has 0 aliphatic heterocycles. The molecule has 1 rings (SSSR count). The highest BCUT2D eigenvalue weighted by molar-refractivity contribution is 6.32. The Labute approximate surface area is 130 Å². The van der Waals surface area contributed by atoms with Gasteiger partial charge < -0.3 is 16.0 Å². The van der Waals surface area contributed by atoms with E-state index in [-0.39, 0.29) is 12.5 Å². The fourth-order valence-electron chi connectivity index (χ4n) is 2.04. The summed E-state index contributed by atoms with van der Waals surface area (Å²) >= 11 is 6.17. The van der Waals surface area contributed by atoms with Gasteiger partial charge in [0.15, 0.2) is 0 Å². The third kappa shape index (κ3) is 4.93. The maximum absolute atomic E-state index is 11.9. The van der Waals surface area contributed by atoms with Gasteiger partial charge in [0.1, 0.15) is 0 Å². The van der Waals surface area contributed by atoms with Crippen molar-refractivity contribution in [1.82, 2.24) is 10.6 Å². The van der Waals surface area contributed by atoms with Gasteiger partial charge in [-0.05, 0) is 37.0 Å². The predicted molar refractivity (Wildman–Crippen MR) is 85.9 cm³/mol. The van der Waals surface area contributed by atoms with Crippen molar-refractivity contribution in [2.24, 2.45) is 0 Å². The molecule has 0 unspecified atom stereocenters. The maximum Gasteiger partial charge on any atom is 0.319 e. The number of carbonyl (C=O) groups is 2. The van der Waals surface area contributed by atoms with Gasteiger partial charge >= 0.3 is 6.03 Å². The Morgan fingerprint density at radius 1 is 1.10 bits per heavy atom. The van der Waals surface area contributed by atoms with Gasteiger partial charge in [0.25, 0.3) is 0 Å². The van der Waals surface area contributed by atoms with Crippen LogP contribution < -0.4 is 16.0 Å². The van der Waals surface area contributed by atoms with Crippen LogP contribution in [-0.2, 0) is 17.6 Å². The summed E-state index contributed by atoms with van der Waals surface area (Å²) < 4.78 is 0. The number of benzene rings is 1. The summed E-state index contributed by atoms with van der Waals surface area (Å²) in [7, 11) is 0. The normalized spacial score (nSPS) is 10.1. The third-order valence-electron chi connectivity index (χ3n) is 3.10. The van der Waals surface area contributed by atoms with Crippen molar-refractivity contribution in [1.29, 1.82) is 0 Å². The second-order valence-electron chi connectivity index (χ2n) is 4.53. The number of hydrogen-bond acceptors (Lipinski definition) is 2. The Morgan fingerprint density at radius 2 is 1.81 bits per heavy atom. The number of rotatable bonds is 6. The molecule has 21 heavy (non-hydrogen) atoms. The molecule has 116 valence electrons. The SMILES string of the molecule is CCNC(=O)CNC(=O)Nc1c(CC)ccc(Cl)c1CC. The minimum Gasteiger partial charge on any atom is -0.355 e. The molecule has 0 aliphatic rings. The van der Waals surface area contributed by atoms with Crippen LogP contribution in [0.25, 0.3) is 0 Å². The first kappa shape index (κ1) is 17.3. The van der Waals surface area contributed by atoms with E-state index in [4.69, 9.17) is 11.6 Å². The Hall–Kier alpha value is -1.75. The van der Waals surface area contributed by atoms with Crippen LogP contribution in [0.1, 0.15) is 31.9 Å². The Balaban J connectivity index is 2.79. The molecule has 0 radical (unpaired) electrons. The Bertz CT molecular complexity index is 518. The first-order chi connectivity index (χ1) is 10.0. The Kier molecular flexibility index (Phi) is 7.02. The lowest BCUT2D eigenvalue weighted by Gasteiger charge is -2.16. The molecule has 5 nitrogen and oxygen atoms in total. The molecule has 0 saturated heterocycles. The van der Waals surface area contributed by atoms with Gasteiger partial charge in [0, 0.05) is 11.6 Å². The lowest BCUT2D eigenvalue weighted by Crippen LogP contribution is -2.39. The second kappa shape index (κ2) is 8.52. The molecule has 1 aromatic carbocycles. The summed E-state index contributed by atoms with van der Waals surface area (Å²) in [5.74, 6) is -0.217. The average Bonchev–Trinajstić information content (AvgIpc) is 2.46. The van der Waals surface area contributed by atoms with Crippen LogP contribution in [0.15, 0.2) is 12.1 Å². The van der Waals surface area contributed by atoms with Gasteiger partial charge in [-0.2, -0.15) is 0 Å². The van der Waals surface area contributed by atoms with Gasteiger partial charge in [0.2, 0.25) is 5.91 Å². The highest BCUT2D eigenvalue weighted by atomic mass is 35.5. The molecule has 0 atom stereocenters. The molecule has 6 heteroatoms. The van der Waals surface area contributed by atoms with Crippen LogP contribution in [-0.4, -0.2) is 25.0 Å². The van der Waals surface area contributed by atoms with E-state index >= 15 is 0 Å². The summed E-state index contributed by atoms with van der Waals surface area (Å²) in [6.07, 6.45) is 1.51. The van der Waals surface area contributed by atoms with E-state index in [9.17, 15) is 9.59 Å². The molecule has 1 aromatic rings. The van der Waals surface area contributed by atoms with Gasteiger partial charge in [-0.15, -0.1) is 0 Å². The smallest absolute Gasteiger partial charge is 0.319 e. The number of likely N-dealkylation sites (N-methyl/N-ethyl adjacent to an activating group) is 1. The quantitative estimate of drug-likeness (QED) is 0.756. The fourth-order valence-corrected chi connectivity index (χ4v) is 2.34. The molecule has 0 saturated carbocycles. The summed E-state index contributed by atoms with van der Waals surface area (Å²) in [5.41, 5.74) is 2.66. The van der Waals surface area contributed by atoms with Crippen molar-refractivity contribution >= 4 is 29.2 Å². The molecule has 3 N–H and O–H groups in total. The zero-order valence-electron chi connectivity index (χ0n) is 12.7. The first-order valence-electron chi connectivity index (χ1n) is 7.15. The predicted octanol–water partition coefficient (Wildman–Crippen LogP) is 2.72. The van der Waals surface area contributed by atoms with Crippen molar-refractivity contribution < 1.29 is 9.59 Å². The third-order valence-corrected chi connectivity index (χ3v) is 3.45. The summed E-state index contributed by atoms with van der Waals surface area (Å²) in [6.45, 7) is 6.31. The number of urea groups is 1. The summed E-state index contributed by atoms with van der Waals surface area (Å²) in [6, 6.07) is 3.34.